The van der Waals surface area contributed by atoms with E-state index in [0.717, 1.165) is 22.3 Å². The first-order valence-electron chi connectivity index (χ1n) is 10.4. The number of carbonyl (C=O) groups is 2. The first kappa shape index (κ1) is 24.4. The highest BCUT2D eigenvalue weighted by Gasteiger charge is 2.19. The molecule has 1 aromatic heterocycles. The quantitative estimate of drug-likeness (QED) is 0.463. The average Bonchev–Trinajstić information content (AvgIpc) is 3.30. The highest BCUT2D eigenvalue weighted by atomic mass is 32.2. The van der Waals surface area contributed by atoms with Gasteiger partial charge in [-0.25, -0.2) is 8.42 Å². The molecule has 33 heavy (non-hydrogen) atoms. The Morgan fingerprint density at radius 2 is 1.70 bits per heavy atom. The van der Waals surface area contributed by atoms with Gasteiger partial charge in [0, 0.05) is 16.7 Å². The fraction of sp³-hybridized carbons (Fsp3) is 0.200. The van der Waals surface area contributed by atoms with Crippen LogP contribution in [-0.4, -0.2) is 26.5 Å². The van der Waals surface area contributed by atoms with E-state index in [4.69, 9.17) is 0 Å². The third-order valence-corrected chi connectivity index (χ3v) is 7.01. The summed E-state index contributed by atoms with van der Waals surface area (Å²) in [7, 11) is -3.30. The number of rotatable bonds is 8. The molecule has 8 heteroatoms. The molecule has 0 fully saturated rings. The third kappa shape index (κ3) is 6.63. The van der Waals surface area contributed by atoms with Crippen molar-refractivity contribution in [2.45, 2.75) is 31.2 Å². The molecule has 0 aliphatic rings. The van der Waals surface area contributed by atoms with Crippen LogP contribution in [0.2, 0.25) is 0 Å². The van der Waals surface area contributed by atoms with Crippen LogP contribution >= 0.6 is 11.3 Å². The van der Waals surface area contributed by atoms with Crippen LogP contribution < -0.4 is 10.6 Å². The molecule has 6 nitrogen and oxygen atoms in total. The Kier molecular flexibility index (Phi) is 7.84. The number of nitrogens with one attached hydrogen (secondary N) is 2. The summed E-state index contributed by atoms with van der Waals surface area (Å²) in [5, 5.41) is 7.58. The van der Waals surface area contributed by atoms with E-state index in [1.807, 2.05) is 43.5 Å². The van der Waals surface area contributed by atoms with E-state index in [9.17, 15) is 18.0 Å². The number of hydrogen-bond acceptors (Lipinski definition) is 5. The molecule has 0 aliphatic carbocycles. The molecule has 0 bridgehead atoms. The van der Waals surface area contributed by atoms with Gasteiger partial charge in [0.1, 0.15) is 5.70 Å². The first-order valence-corrected chi connectivity index (χ1v) is 13.2. The topological polar surface area (TPSA) is 92.3 Å². The van der Waals surface area contributed by atoms with Crippen LogP contribution in [0.1, 0.15) is 45.7 Å². The second kappa shape index (κ2) is 10.6. The molecule has 2 N–H and O–H groups in total. The molecule has 0 unspecified atom stereocenters. The molecule has 0 radical (unpaired) electrons. The number of aryl methyl sites for hydroxylation is 1. The molecule has 1 atom stereocenters. The zero-order valence-corrected chi connectivity index (χ0v) is 20.3. The molecular weight excluding hydrogens is 456 g/mol. The zero-order chi connectivity index (χ0) is 24.0. The van der Waals surface area contributed by atoms with Crippen molar-refractivity contribution in [3.8, 4) is 0 Å². The van der Waals surface area contributed by atoms with Crippen LogP contribution in [0, 0.1) is 6.92 Å². The fourth-order valence-corrected chi connectivity index (χ4v) is 4.47. The maximum Gasteiger partial charge on any atom is 0.268 e. The standard InChI is InChI=1S/C25H26N2O4S2/c1-4-22(18-11-13-21(14-12-18)33(3,30)31)26-25(29)23(16-20-6-5-15-32-20)27-24(28)19-9-7-17(2)8-10-19/h5-16,22H,4H2,1-3H3,(H,26,29)(H,27,28)/b23-16-/t22-/m1/s1. The number of carbonyl (C=O) groups excluding carboxylic acids is 2. The molecule has 2 aromatic carbocycles. The van der Waals surface area contributed by atoms with Gasteiger partial charge >= 0.3 is 0 Å². The Balaban J connectivity index is 1.83. The fourth-order valence-electron chi connectivity index (χ4n) is 3.18. The number of amides is 2. The minimum Gasteiger partial charge on any atom is -0.344 e. The summed E-state index contributed by atoms with van der Waals surface area (Å²) in [6, 6.07) is 16.9. The van der Waals surface area contributed by atoms with Gasteiger partial charge in [0.05, 0.1) is 10.9 Å². The Hall–Kier alpha value is -3.23. The lowest BCUT2D eigenvalue weighted by atomic mass is 10.0. The molecule has 172 valence electrons. The van der Waals surface area contributed by atoms with E-state index in [2.05, 4.69) is 10.6 Å². The van der Waals surface area contributed by atoms with Crippen molar-refractivity contribution >= 4 is 39.1 Å². The van der Waals surface area contributed by atoms with Gasteiger partial charge in [-0.2, -0.15) is 0 Å². The molecule has 2 amide bonds. The number of thiophene rings is 1. The Morgan fingerprint density at radius 1 is 1.03 bits per heavy atom. The van der Waals surface area contributed by atoms with E-state index in [0.29, 0.717) is 12.0 Å². The maximum atomic E-state index is 13.2. The molecule has 0 spiro atoms. The SMILES string of the molecule is CC[C@@H](NC(=O)/C(=C/c1cccs1)NC(=O)c1ccc(C)cc1)c1ccc(S(C)(=O)=O)cc1. The lowest BCUT2D eigenvalue weighted by Crippen LogP contribution is -2.36. The monoisotopic (exact) mass is 482 g/mol. The van der Waals surface area contributed by atoms with Crippen LogP contribution in [0.25, 0.3) is 6.08 Å². The Labute approximate surface area is 198 Å². The smallest absolute Gasteiger partial charge is 0.268 e. The van der Waals surface area contributed by atoms with Gasteiger partial charge in [-0.1, -0.05) is 42.8 Å². The largest absolute Gasteiger partial charge is 0.344 e. The molecule has 0 saturated heterocycles. The number of sulfone groups is 1. The normalized spacial score (nSPS) is 12.8. The predicted molar refractivity (Wildman–Crippen MR) is 132 cm³/mol. The second-order valence-electron chi connectivity index (χ2n) is 7.67. The highest BCUT2D eigenvalue weighted by molar-refractivity contribution is 7.90. The number of benzene rings is 2. The molecule has 3 aromatic rings. The first-order chi connectivity index (χ1) is 15.7. The van der Waals surface area contributed by atoms with Crippen LogP contribution in [0.3, 0.4) is 0 Å². The van der Waals surface area contributed by atoms with Gasteiger partial charge in [-0.3, -0.25) is 9.59 Å². The third-order valence-electron chi connectivity index (χ3n) is 5.06. The van der Waals surface area contributed by atoms with E-state index >= 15 is 0 Å². The predicted octanol–water partition coefficient (Wildman–Crippen LogP) is 4.50. The van der Waals surface area contributed by atoms with E-state index in [-0.39, 0.29) is 22.5 Å². The van der Waals surface area contributed by atoms with Gasteiger partial charge in [0.15, 0.2) is 9.84 Å². The maximum absolute atomic E-state index is 13.2. The van der Waals surface area contributed by atoms with Crippen molar-refractivity contribution in [2.24, 2.45) is 0 Å². The van der Waals surface area contributed by atoms with Crippen molar-refractivity contribution in [1.82, 2.24) is 10.6 Å². The van der Waals surface area contributed by atoms with E-state index < -0.39 is 15.7 Å². The zero-order valence-electron chi connectivity index (χ0n) is 18.7. The summed E-state index contributed by atoms with van der Waals surface area (Å²) in [5.41, 5.74) is 2.40. The van der Waals surface area contributed by atoms with Crippen LogP contribution in [-0.2, 0) is 14.6 Å². The lowest BCUT2D eigenvalue weighted by Gasteiger charge is -2.19. The summed E-state index contributed by atoms with van der Waals surface area (Å²) in [4.78, 5) is 27.0. The molecule has 3 rings (SSSR count). The summed E-state index contributed by atoms with van der Waals surface area (Å²) in [6.07, 6.45) is 3.38. The summed E-state index contributed by atoms with van der Waals surface area (Å²) >= 11 is 1.45. The van der Waals surface area contributed by atoms with Crippen LogP contribution in [0.5, 0.6) is 0 Å². The van der Waals surface area contributed by atoms with Gasteiger partial charge < -0.3 is 10.6 Å². The molecule has 0 aliphatic heterocycles. The molecule has 1 heterocycles. The van der Waals surface area contributed by atoms with Gasteiger partial charge in [-0.05, 0) is 60.7 Å². The van der Waals surface area contributed by atoms with Crippen molar-refractivity contribution in [1.29, 1.82) is 0 Å². The van der Waals surface area contributed by atoms with Crippen LogP contribution in [0.4, 0.5) is 0 Å². The minimum atomic E-state index is -3.30. The van der Waals surface area contributed by atoms with E-state index in [1.165, 1.54) is 23.5 Å². The summed E-state index contributed by atoms with van der Waals surface area (Å²) in [6.45, 7) is 3.85. The Bertz CT molecular complexity index is 1240. The lowest BCUT2D eigenvalue weighted by molar-refractivity contribution is -0.118. The summed E-state index contributed by atoms with van der Waals surface area (Å²) < 4.78 is 23.4. The van der Waals surface area contributed by atoms with Crippen molar-refractivity contribution < 1.29 is 18.0 Å². The second-order valence-corrected chi connectivity index (χ2v) is 10.7. The molecular formula is C25H26N2O4S2. The van der Waals surface area contributed by atoms with Crippen molar-refractivity contribution in [3.05, 3.63) is 93.3 Å². The van der Waals surface area contributed by atoms with Crippen LogP contribution in [0.15, 0.2) is 76.6 Å². The highest BCUT2D eigenvalue weighted by Crippen LogP contribution is 2.20. The van der Waals surface area contributed by atoms with Gasteiger partial charge in [0.2, 0.25) is 0 Å². The summed E-state index contributed by atoms with van der Waals surface area (Å²) in [5.74, 6) is -0.804. The van der Waals surface area contributed by atoms with Crippen molar-refractivity contribution in [2.75, 3.05) is 6.26 Å². The van der Waals surface area contributed by atoms with Crippen molar-refractivity contribution in [3.63, 3.8) is 0 Å². The minimum absolute atomic E-state index is 0.134. The van der Waals surface area contributed by atoms with Gasteiger partial charge in [0.25, 0.3) is 11.8 Å². The molecule has 0 saturated carbocycles. The van der Waals surface area contributed by atoms with Gasteiger partial charge in [-0.15, -0.1) is 11.3 Å². The number of hydrogen-bond donors (Lipinski definition) is 2. The Morgan fingerprint density at radius 3 is 2.24 bits per heavy atom. The van der Waals surface area contributed by atoms with E-state index in [1.54, 1.807) is 30.3 Å². The average molecular weight is 483 g/mol.